The second kappa shape index (κ2) is 5.97. The van der Waals surface area contributed by atoms with Gasteiger partial charge in [-0.15, -0.1) is 0 Å². The molecule has 1 amide bonds. The fourth-order valence-electron chi connectivity index (χ4n) is 1.93. The third-order valence-corrected chi connectivity index (χ3v) is 3.15. The van der Waals surface area contributed by atoms with Gasteiger partial charge in [-0.1, -0.05) is 11.6 Å². The number of nitrogens with one attached hydrogen (secondary N) is 2. The Kier molecular flexibility index (Phi) is 4.28. The molecule has 21 heavy (non-hydrogen) atoms. The fourth-order valence-corrected chi connectivity index (χ4v) is 2.19. The largest absolute Gasteiger partial charge is 0.495 e. The summed E-state index contributed by atoms with van der Waals surface area (Å²) >= 11 is 5.99. The minimum atomic E-state index is -0.539. The predicted molar refractivity (Wildman–Crippen MR) is 80.3 cm³/mol. The van der Waals surface area contributed by atoms with Crippen molar-refractivity contribution < 1.29 is 9.53 Å². The number of aryl methyl sites for hydroxylation is 2. The highest BCUT2D eigenvalue weighted by Crippen LogP contribution is 2.27. The van der Waals surface area contributed by atoms with Crippen molar-refractivity contribution in [2.24, 2.45) is 0 Å². The zero-order valence-electron chi connectivity index (χ0n) is 11.8. The maximum atomic E-state index is 12.2. The molecule has 1 heterocycles. The minimum absolute atomic E-state index is 0.0208. The summed E-state index contributed by atoms with van der Waals surface area (Å²) in [6.45, 7) is 3.26. The summed E-state index contributed by atoms with van der Waals surface area (Å²) < 4.78 is 5.03. The van der Waals surface area contributed by atoms with E-state index in [4.69, 9.17) is 16.3 Å². The Balaban J connectivity index is 2.31. The number of aromatic amines is 1. The molecule has 7 heteroatoms. The molecule has 0 fully saturated rings. The van der Waals surface area contributed by atoms with Crippen molar-refractivity contribution in [2.45, 2.75) is 13.8 Å². The lowest BCUT2D eigenvalue weighted by Crippen LogP contribution is -2.26. The Morgan fingerprint density at radius 3 is 2.67 bits per heavy atom. The standard InChI is InChI=1S/C14H14ClN3O3/c1-7-12(13(19)17-8(2)16-7)14(20)18-9-4-5-11(21-3)10(15)6-9/h4-6H,1-3H3,(H,18,20)(H,16,17,19). The lowest BCUT2D eigenvalue weighted by Gasteiger charge is -2.09. The SMILES string of the molecule is COc1ccc(NC(=O)c2c(C)nc(C)[nH]c2=O)cc1Cl. The third kappa shape index (κ3) is 3.22. The lowest BCUT2D eigenvalue weighted by molar-refractivity contribution is 0.102. The van der Waals surface area contributed by atoms with Crippen LogP contribution >= 0.6 is 11.6 Å². The first-order valence-electron chi connectivity index (χ1n) is 6.14. The first-order chi connectivity index (χ1) is 9.92. The zero-order valence-corrected chi connectivity index (χ0v) is 12.5. The van der Waals surface area contributed by atoms with Crippen LogP contribution < -0.4 is 15.6 Å². The molecule has 0 aliphatic carbocycles. The molecule has 0 atom stereocenters. The van der Waals surface area contributed by atoms with Crippen LogP contribution in [0.2, 0.25) is 5.02 Å². The maximum Gasteiger partial charge on any atom is 0.264 e. The number of methoxy groups -OCH3 is 1. The van der Waals surface area contributed by atoms with Gasteiger partial charge in [0.1, 0.15) is 17.1 Å². The Labute approximate surface area is 126 Å². The van der Waals surface area contributed by atoms with Gasteiger partial charge in [-0.2, -0.15) is 0 Å². The molecule has 6 nitrogen and oxygen atoms in total. The number of anilines is 1. The highest BCUT2D eigenvalue weighted by Gasteiger charge is 2.16. The van der Waals surface area contributed by atoms with E-state index in [1.807, 2.05) is 0 Å². The molecule has 0 unspecified atom stereocenters. The van der Waals surface area contributed by atoms with Gasteiger partial charge in [-0.3, -0.25) is 9.59 Å². The molecule has 2 N–H and O–H groups in total. The van der Waals surface area contributed by atoms with Crippen molar-refractivity contribution in [1.29, 1.82) is 0 Å². The van der Waals surface area contributed by atoms with Crippen molar-refractivity contribution in [1.82, 2.24) is 9.97 Å². The molecular formula is C14H14ClN3O3. The van der Waals surface area contributed by atoms with Crippen LogP contribution in [-0.4, -0.2) is 23.0 Å². The van der Waals surface area contributed by atoms with Gasteiger partial charge in [0.2, 0.25) is 0 Å². The summed E-state index contributed by atoms with van der Waals surface area (Å²) in [7, 11) is 1.50. The monoisotopic (exact) mass is 307 g/mol. The molecule has 0 bridgehead atoms. The number of halogens is 1. The van der Waals surface area contributed by atoms with Gasteiger partial charge in [0, 0.05) is 5.69 Å². The molecule has 0 radical (unpaired) electrons. The van der Waals surface area contributed by atoms with Gasteiger partial charge < -0.3 is 15.0 Å². The van der Waals surface area contributed by atoms with Gasteiger partial charge >= 0.3 is 0 Å². The summed E-state index contributed by atoms with van der Waals surface area (Å²) in [6, 6.07) is 4.81. The van der Waals surface area contributed by atoms with Crippen LogP contribution in [0.5, 0.6) is 5.75 Å². The molecule has 0 aliphatic heterocycles. The Morgan fingerprint density at radius 2 is 2.10 bits per heavy atom. The molecule has 0 aliphatic rings. The van der Waals surface area contributed by atoms with Gasteiger partial charge in [0.05, 0.1) is 17.8 Å². The molecular weight excluding hydrogens is 294 g/mol. The number of carbonyl (C=O) groups excluding carboxylic acids is 1. The number of aromatic nitrogens is 2. The van der Waals surface area contributed by atoms with Crippen LogP contribution in [0, 0.1) is 13.8 Å². The summed E-state index contributed by atoms with van der Waals surface area (Å²) in [5, 5.41) is 2.98. The Hall–Kier alpha value is -2.34. The van der Waals surface area contributed by atoms with Gasteiger partial charge in [0.25, 0.3) is 11.5 Å². The van der Waals surface area contributed by atoms with E-state index >= 15 is 0 Å². The predicted octanol–water partition coefficient (Wildman–Crippen LogP) is 2.30. The van der Waals surface area contributed by atoms with Crippen molar-refractivity contribution in [3.8, 4) is 5.75 Å². The topological polar surface area (TPSA) is 84.1 Å². The fraction of sp³-hybridized carbons (Fsp3) is 0.214. The summed E-state index contributed by atoms with van der Waals surface area (Å²) in [5.74, 6) is 0.421. The summed E-state index contributed by atoms with van der Waals surface area (Å²) in [6.07, 6.45) is 0. The van der Waals surface area contributed by atoms with Crippen molar-refractivity contribution in [3.63, 3.8) is 0 Å². The van der Waals surface area contributed by atoms with Crippen LogP contribution in [-0.2, 0) is 0 Å². The number of benzene rings is 1. The maximum absolute atomic E-state index is 12.2. The van der Waals surface area contributed by atoms with Crippen LogP contribution in [0.25, 0.3) is 0 Å². The van der Waals surface area contributed by atoms with Crippen LogP contribution in [0.4, 0.5) is 5.69 Å². The molecule has 110 valence electrons. The van der Waals surface area contributed by atoms with E-state index < -0.39 is 11.5 Å². The average molecular weight is 308 g/mol. The van der Waals surface area contributed by atoms with E-state index in [9.17, 15) is 9.59 Å². The first-order valence-corrected chi connectivity index (χ1v) is 6.52. The second-order valence-corrected chi connectivity index (χ2v) is 4.82. The van der Waals surface area contributed by atoms with Crippen LogP contribution in [0.15, 0.2) is 23.0 Å². The van der Waals surface area contributed by atoms with Gasteiger partial charge in [-0.25, -0.2) is 4.98 Å². The van der Waals surface area contributed by atoms with Gasteiger partial charge in [-0.05, 0) is 32.0 Å². The number of H-pyrrole nitrogens is 1. The zero-order chi connectivity index (χ0) is 15.6. The molecule has 2 rings (SSSR count). The highest BCUT2D eigenvalue weighted by molar-refractivity contribution is 6.32. The number of rotatable bonds is 3. The Morgan fingerprint density at radius 1 is 1.38 bits per heavy atom. The van der Waals surface area contributed by atoms with E-state index in [0.717, 1.165) is 0 Å². The number of hydrogen-bond donors (Lipinski definition) is 2. The molecule has 1 aromatic carbocycles. The number of carbonyl (C=O) groups is 1. The third-order valence-electron chi connectivity index (χ3n) is 2.86. The molecule has 0 saturated heterocycles. The smallest absolute Gasteiger partial charge is 0.264 e. The summed E-state index contributed by atoms with van der Waals surface area (Å²) in [5.41, 5.74) is 0.336. The molecule has 2 aromatic rings. The minimum Gasteiger partial charge on any atom is -0.495 e. The van der Waals surface area contributed by atoms with Crippen molar-refractivity contribution >= 4 is 23.2 Å². The highest BCUT2D eigenvalue weighted by atomic mass is 35.5. The number of ether oxygens (including phenoxy) is 1. The number of nitrogens with zero attached hydrogens (tertiary/aromatic N) is 1. The van der Waals surface area contributed by atoms with Crippen LogP contribution in [0.1, 0.15) is 21.9 Å². The van der Waals surface area contributed by atoms with Gasteiger partial charge in [0.15, 0.2) is 0 Å². The second-order valence-electron chi connectivity index (χ2n) is 4.42. The number of amides is 1. The van der Waals surface area contributed by atoms with E-state index in [0.29, 0.717) is 28.0 Å². The lowest BCUT2D eigenvalue weighted by atomic mass is 10.2. The molecule has 0 saturated carbocycles. The molecule has 1 aromatic heterocycles. The summed E-state index contributed by atoms with van der Waals surface area (Å²) in [4.78, 5) is 30.6. The van der Waals surface area contributed by atoms with E-state index in [1.165, 1.54) is 7.11 Å². The van der Waals surface area contributed by atoms with Crippen molar-refractivity contribution in [3.05, 3.63) is 50.7 Å². The normalized spacial score (nSPS) is 10.3. The molecule has 0 spiro atoms. The van der Waals surface area contributed by atoms with E-state index in [-0.39, 0.29) is 5.56 Å². The average Bonchev–Trinajstić information content (AvgIpc) is 2.37. The number of hydrogen-bond acceptors (Lipinski definition) is 4. The van der Waals surface area contributed by atoms with E-state index in [1.54, 1.807) is 32.0 Å². The van der Waals surface area contributed by atoms with E-state index in [2.05, 4.69) is 15.3 Å². The Bertz CT molecular complexity index is 756. The quantitative estimate of drug-likeness (QED) is 0.911. The van der Waals surface area contributed by atoms with Crippen LogP contribution in [0.3, 0.4) is 0 Å². The first kappa shape index (κ1) is 15.1. The van der Waals surface area contributed by atoms with Crippen molar-refractivity contribution in [2.75, 3.05) is 12.4 Å².